The number of furan rings is 1. The van der Waals surface area contributed by atoms with Gasteiger partial charge in [0.1, 0.15) is 4.92 Å². The maximum Gasteiger partial charge on any atom is 0.433 e. The van der Waals surface area contributed by atoms with E-state index in [9.17, 15) is 19.7 Å². The summed E-state index contributed by atoms with van der Waals surface area (Å²) < 4.78 is 9.88. The predicted octanol–water partition coefficient (Wildman–Crippen LogP) is 3.41. The molecule has 0 unspecified atom stereocenters. The van der Waals surface area contributed by atoms with E-state index in [4.69, 9.17) is 9.15 Å². The fourth-order valence-electron chi connectivity index (χ4n) is 2.61. The molecule has 0 radical (unpaired) electrons. The van der Waals surface area contributed by atoms with E-state index >= 15 is 0 Å². The van der Waals surface area contributed by atoms with Crippen LogP contribution in [0.5, 0.6) is 0 Å². The number of esters is 1. The van der Waals surface area contributed by atoms with Gasteiger partial charge in [-0.05, 0) is 26.0 Å². The SMILES string of the molecule is Cc1[nH]c2ccccc2c1C(=O)[C@@H](C)OC(=O)c1ccc([N+](=O)[O-])o1. The molecule has 1 atom stereocenters. The Bertz CT molecular complexity index is 984. The van der Waals surface area contributed by atoms with E-state index in [1.807, 2.05) is 18.2 Å². The zero-order chi connectivity index (χ0) is 18.1. The zero-order valence-corrected chi connectivity index (χ0v) is 13.4. The lowest BCUT2D eigenvalue weighted by Crippen LogP contribution is -2.24. The number of nitrogens with zero attached hydrogens (tertiary/aromatic N) is 1. The molecule has 1 N–H and O–H groups in total. The molecule has 0 spiro atoms. The molecule has 0 fully saturated rings. The van der Waals surface area contributed by atoms with Crippen molar-refractivity contribution >= 4 is 28.5 Å². The maximum atomic E-state index is 12.7. The highest BCUT2D eigenvalue weighted by Gasteiger charge is 2.26. The van der Waals surface area contributed by atoms with Gasteiger partial charge in [0.15, 0.2) is 6.10 Å². The van der Waals surface area contributed by atoms with Crippen molar-refractivity contribution in [2.24, 2.45) is 0 Å². The quantitative estimate of drug-likeness (QED) is 0.329. The van der Waals surface area contributed by atoms with Crippen LogP contribution in [-0.4, -0.2) is 27.8 Å². The number of H-pyrrole nitrogens is 1. The summed E-state index contributed by atoms with van der Waals surface area (Å²) in [7, 11) is 0. The van der Waals surface area contributed by atoms with Gasteiger partial charge in [0.25, 0.3) is 0 Å². The lowest BCUT2D eigenvalue weighted by molar-refractivity contribution is -0.402. The number of carbonyl (C=O) groups is 2. The van der Waals surface area contributed by atoms with Crippen LogP contribution in [0.1, 0.15) is 33.5 Å². The molecule has 0 bridgehead atoms. The van der Waals surface area contributed by atoms with Crippen molar-refractivity contribution in [3.05, 3.63) is 63.5 Å². The number of aromatic nitrogens is 1. The number of aryl methyl sites for hydroxylation is 1. The number of hydrogen-bond donors (Lipinski definition) is 1. The van der Waals surface area contributed by atoms with Gasteiger partial charge in [-0.1, -0.05) is 18.2 Å². The average Bonchev–Trinajstić information content (AvgIpc) is 3.18. The smallest absolute Gasteiger partial charge is 0.433 e. The number of ether oxygens (including phenoxy) is 1. The number of rotatable bonds is 5. The summed E-state index contributed by atoms with van der Waals surface area (Å²) in [6.07, 6.45) is -1.07. The third-order valence-electron chi connectivity index (χ3n) is 3.77. The molecular weight excluding hydrogens is 328 g/mol. The molecule has 0 aliphatic carbocycles. The standard InChI is InChI=1S/C17H14N2O6/c1-9-15(11-5-3-4-6-12(11)18-9)16(20)10(2)24-17(21)13-7-8-14(25-13)19(22)23/h3-8,10,18H,1-2H3/t10-/m1/s1. The van der Waals surface area contributed by atoms with Crippen molar-refractivity contribution in [1.82, 2.24) is 4.98 Å². The number of ketones is 1. The molecule has 2 heterocycles. The number of aromatic amines is 1. The first kappa shape index (κ1) is 16.4. The van der Waals surface area contributed by atoms with E-state index in [0.29, 0.717) is 11.3 Å². The van der Waals surface area contributed by atoms with Crippen LogP contribution in [-0.2, 0) is 4.74 Å². The van der Waals surface area contributed by atoms with Crippen molar-refractivity contribution in [3.8, 4) is 0 Å². The molecule has 0 aliphatic heterocycles. The third-order valence-corrected chi connectivity index (χ3v) is 3.77. The molecule has 1 aromatic carbocycles. The van der Waals surface area contributed by atoms with Gasteiger partial charge < -0.3 is 14.1 Å². The minimum absolute atomic E-state index is 0.331. The monoisotopic (exact) mass is 342 g/mol. The maximum absolute atomic E-state index is 12.7. The Morgan fingerprint density at radius 1 is 1.24 bits per heavy atom. The van der Waals surface area contributed by atoms with Gasteiger partial charge in [-0.25, -0.2) is 4.79 Å². The van der Waals surface area contributed by atoms with Gasteiger partial charge in [-0.2, -0.15) is 0 Å². The Kier molecular flexibility index (Phi) is 4.10. The van der Waals surface area contributed by atoms with Crippen LogP contribution in [0.4, 0.5) is 5.88 Å². The van der Waals surface area contributed by atoms with Gasteiger partial charge in [0.2, 0.25) is 11.5 Å². The summed E-state index contributed by atoms with van der Waals surface area (Å²) >= 11 is 0. The predicted molar refractivity (Wildman–Crippen MR) is 87.6 cm³/mol. The minimum Gasteiger partial charge on any atom is -0.448 e. The molecule has 8 nitrogen and oxygen atoms in total. The van der Waals surface area contributed by atoms with E-state index in [1.54, 1.807) is 13.0 Å². The molecule has 2 aromatic heterocycles. The van der Waals surface area contributed by atoms with Crippen LogP contribution in [0, 0.1) is 17.0 Å². The lowest BCUT2D eigenvalue weighted by atomic mass is 10.0. The van der Waals surface area contributed by atoms with Crippen molar-refractivity contribution in [1.29, 1.82) is 0 Å². The molecule has 0 amide bonds. The number of Topliss-reactive ketones (excluding diaryl/α,β-unsaturated/α-hetero) is 1. The highest BCUT2D eigenvalue weighted by molar-refractivity contribution is 6.11. The summed E-state index contributed by atoms with van der Waals surface area (Å²) in [5.74, 6) is -2.21. The number of benzene rings is 1. The Balaban J connectivity index is 1.81. The van der Waals surface area contributed by atoms with E-state index in [2.05, 4.69) is 4.98 Å². The van der Waals surface area contributed by atoms with E-state index in [1.165, 1.54) is 6.92 Å². The van der Waals surface area contributed by atoms with Crippen molar-refractivity contribution in [2.45, 2.75) is 20.0 Å². The zero-order valence-electron chi connectivity index (χ0n) is 13.4. The Morgan fingerprint density at radius 2 is 1.96 bits per heavy atom. The van der Waals surface area contributed by atoms with Gasteiger partial charge >= 0.3 is 11.9 Å². The molecule has 3 aromatic rings. The Labute approximate surface area is 141 Å². The normalized spacial score (nSPS) is 12.1. The van der Waals surface area contributed by atoms with Crippen LogP contribution in [0.2, 0.25) is 0 Å². The summed E-state index contributed by atoms with van der Waals surface area (Å²) in [6, 6.07) is 9.49. The molecule has 25 heavy (non-hydrogen) atoms. The first-order valence-corrected chi connectivity index (χ1v) is 7.45. The highest BCUT2D eigenvalue weighted by atomic mass is 16.7. The number of carbonyl (C=O) groups excluding carboxylic acids is 2. The number of nitro groups is 1. The van der Waals surface area contributed by atoms with E-state index < -0.39 is 22.9 Å². The Morgan fingerprint density at radius 3 is 2.64 bits per heavy atom. The van der Waals surface area contributed by atoms with Crippen molar-refractivity contribution in [3.63, 3.8) is 0 Å². The Hall–Kier alpha value is -3.42. The largest absolute Gasteiger partial charge is 0.448 e. The number of para-hydroxylation sites is 1. The van der Waals surface area contributed by atoms with Crippen LogP contribution in [0.15, 0.2) is 40.8 Å². The summed E-state index contributed by atoms with van der Waals surface area (Å²) in [4.78, 5) is 37.6. The minimum atomic E-state index is -1.07. The second-order valence-corrected chi connectivity index (χ2v) is 5.48. The summed E-state index contributed by atoms with van der Waals surface area (Å²) in [5.41, 5.74) is 1.92. The molecule has 0 saturated carbocycles. The molecule has 0 aliphatic rings. The number of nitrogens with one attached hydrogen (secondary N) is 1. The van der Waals surface area contributed by atoms with Crippen LogP contribution in [0.25, 0.3) is 10.9 Å². The van der Waals surface area contributed by atoms with E-state index in [-0.39, 0.29) is 11.5 Å². The second kappa shape index (κ2) is 6.23. The number of hydrogen-bond acceptors (Lipinski definition) is 6. The van der Waals surface area contributed by atoms with Gasteiger partial charge in [0, 0.05) is 22.2 Å². The lowest BCUT2D eigenvalue weighted by Gasteiger charge is -2.11. The fourth-order valence-corrected chi connectivity index (χ4v) is 2.61. The van der Waals surface area contributed by atoms with Crippen LogP contribution < -0.4 is 0 Å². The molecule has 8 heteroatoms. The van der Waals surface area contributed by atoms with Gasteiger partial charge in [-0.3, -0.25) is 14.9 Å². The molecule has 3 rings (SSSR count). The van der Waals surface area contributed by atoms with Crippen LogP contribution in [0.3, 0.4) is 0 Å². The van der Waals surface area contributed by atoms with Crippen molar-refractivity contribution < 1.29 is 23.7 Å². The van der Waals surface area contributed by atoms with E-state index in [0.717, 1.165) is 23.0 Å². The first-order chi connectivity index (χ1) is 11.9. The average molecular weight is 342 g/mol. The topological polar surface area (TPSA) is 115 Å². The first-order valence-electron chi connectivity index (χ1n) is 7.45. The van der Waals surface area contributed by atoms with Crippen LogP contribution >= 0.6 is 0 Å². The van der Waals surface area contributed by atoms with Crippen molar-refractivity contribution in [2.75, 3.05) is 0 Å². The summed E-state index contributed by atoms with van der Waals surface area (Å²) in [5, 5.41) is 11.3. The molecule has 0 saturated heterocycles. The van der Waals surface area contributed by atoms with Gasteiger partial charge in [-0.15, -0.1) is 0 Å². The summed E-state index contributed by atoms with van der Waals surface area (Å²) in [6.45, 7) is 3.20. The highest BCUT2D eigenvalue weighted by Crippen LogP contribution is 2.24. The second-order valence-electron chi connectivity index (χ2n) is 5.48. The molecular formula is C17H14N2O6. The number of fused-ring (bicyclic) bond motifs is 1. The third kappa shape index (κ3) is 3.01. The fraction of sp³-hybridized carbons (Fsp3) is 0.176. The molecule has 128 valence electrons. The van der Waals surface area contributed by atoms with Gasteiger partial charge in [0.05, 0.1) is 6.07 Å².